The summed E-state index contributed by atoms with van der Waals surface area (Å²) in [6, 6.07) is 16.2. The van der Waals surface area contributed by atoms with Crippen molar-refractivity contribution in [3.63, 3.8) is 0 Å². The summed E-state index contributed by atoms with van der Waals surface area (Å²) in [7, 11) is 0. The van der Waals surface area contributed by atoms with Crippen LogP contribution < -0.4 is 10.1 Å². The van der Waals surface area contributed by atoms with Gasteiger partial charge in [-0.3, -0.25) is 4.79 Å². The van der Waals surface area contributed by atoms with Gasteiger partial charge in [-0.2, -0.15) is 4.37 Å². The molecule has 1 aliphatic heterocycles. The Balaban J connectivity index is 1.33. The summed E-state index contributed by atoms with van der Waals surface area (Å²) >= 11 is 1.45. The molecule has 1 aromatic heterocycles. The van der Waals surface area contributed by atoms with Gasteiger partial charge in [-0.25, -0.2) is 0 Å². The number of nitrogens with one attached hydrogen (secondary N) is 1. The first-order chi connectivity index (χ1) is 14.7. The van der Waals surface area contributed by atoms with Gasteiger partial charge in [-0.15, -0.1) is 0 Å². The molecule has 30 heavy (non-hydrogen) atoms. The fourth-order valence-corrected chi connectivity index (χ4v) is 4.20. The first kappa shape index (κ1) is 20.6. The molecule has 4 rings (SSSR count). The summed E-state index contributed by atoms with van der Waals surface area (Å²) in [5.41, 5.74) is 5.50. The average Bonchev–Trinajstić information content (AvgIpc) is 3.28. The third-order valence-electron chi connectivity index (χ3n) is 5.23. The quantitative estimate of drug-likeness (QED) is 0.591. The van der Waals surface area contributed by atoms with Crippen molar-refractivity contribution in [2.75, 3.05) is 19.8 Å². The Hall–Kier alpha value is -2.70. The molecular weight excluding hydrogens is 396 g/mol. The van der Waals surface area contributed by atoms with E-state index in [1.165, 1.54) is 17.1 Å². The minimum atomic E-state index is -0.130. The zero-order chi connectivity index (χ0) is 20.8. The van der Waals surface area contributed by atoms with Crippen LogP contribution in [0.25, 0.3) is 22.4 Å². The van der Waals surface area contributed by atoms with E-state index < -0.39 is 0 Å². The number of carbonyl (C=O) groups is 1. The Kier molecular flexibility index (Phi) is 6.77. The number of amides is 1. The van der Waals surface area contributed by atoms with Crippen LogP contribution in [0.4, 0.5) is 0 Å². The van der Waals surface area contributed by atoms with E-state index in [0.29, 0.717) is 12.3 Å². The van der Waals surface area contributed by atoms with Crippen LogP contribution in [-0.2, 0) is 9.53 Å². The molecule has 0 spiro atoms. The fraction of sp³-hybridized carbons (Fsp3) is 0.333. The predicted octanol–water partition coefficient (Wildman–Crippen LogP) is 4.85. The van der Waals surface area contributed by atoms with Gasteiger partial charge >= 0.3 is 0 Å². The molecule has 1 unspecified atom stereocenters. The van der Waals surface area contributed by atoms with Crippen LogP contribution in [0, 0.1) is 6.92 Å². The third-order valence-corrected chi connectivity index (χ3v) is 5.86. The second-order valence-corrected chi connectivity index (χ2v) is 8.18. The van der Waals surface area contributed by atoms with Gasteiger partial charge in [-0.05, 0) is 67.5 Å². The highest BCUT2D eigenvalue weighted by Gasteiger charge is 2.15. The second-order valence-electron chi connectivity index (χ2n) is 7.55. The molecule has 0 radical (unpaired) electrons. The summed E-state index contributed by atoms with van der Waals surface area (Å²) in [6.45, 7) is 3.41. The Morgan fingerprint density at radius 1 is 1.13 bits per heavy atom. The topological polar surface area (TPSA) is 60.5 Å². The van der Waals surface area contributed by atoms with Crippen LogP contribution in [0.1, 0.15) is 24.8 Å². The van der Waals surface area contributed by atoms with Gasteiger partial charge in [0.05, 0.1) is 11.8 Å². The normalized spacial score (nSPS) is 16.2. The molecule has 1 N–H and O–H groups in total. The van der Waals surface area contributed by atoms with Crippen LogP contribution in [0.3, 0.4) is 0 Å². The van der Waals surface area contributed by atoms with Crippen LogP contribution in [0.15, 0.2) is 53.9 Å². The highest BCUT2D eigenvalue weighted by Crippen LogP contribution is 2.33. The van der Waals surface area contributed by atoms with Crippen molar-refractivity contribution in [3.8, 4) is 28.1 Å². The van der Waals surface area contributed by atoms with Gasteiger partial charge in [0.2, 0.25) is 0 Å². The van der Waals surface area contributed by atoms with E-state index in [2.05, 4.69) is 46.3 Å². The van der Waals surface area contributed by atoms with E-state index >= 15 is 0 Å². The van der Waals surface area contributed by atoms with Crippen molar-refractivity contribution < 1.29 is 14.3 Å². The lowest BCUT2D eigenvalue weighted by molar-refractivity contribution is -0.124. The first-order valence-corrected chi connectivity index (χ1v) is 11.2. The minimum Gasteiger partial charge on any atom is -0.484 e. The molecule has 2 heterocycles. The van der Waals surface area contributed by atoms with E-state index in [1.54, 1.807) is 0 Å². The van der Waals surface area contributed by atoms with Crippen LogP contribution in [0.2, 0.25) is 0 Å². The highest BCUT2D eigenvalue weighted by atomic mass is 32.1. The number of carbonyl (C=O) groups excluding carboxylic acids is 1. The van der Waals surface area contributed by atoms with Crippen LogP contribution >= 0.6 is 11.5 Å². The average molecular weight is 423 g/mol. The van der Waals surface area contributed by atoms with Crippen molar-refractivity contribution in [1.82, 2.24) is 9.69 Å². The number of aromatic nitrogens is 1. The summed E-state index contributed by atoms with van der Waals surface area (Å²) in [5, 5.41) is 4.96. The summed E-state index contributed by atoms with van der Waals surface area (Å²) < 4.78 is 15.8. The zero-order valence-electron chi connectivity index (χ0n) is 17.1. The summed E-state index contributed by atoms with van der Waals surface area (Å²) in [5.74, 6) is 0.532. The fourth-order valence-electron chi connectivity index (χ4n) is 3.49. The monoisotopic (exact) mass is 422 g/mol. The van der Waals surface area contributed by atoms with E-state index in [9.17, 15) is 4.79 Å². The van der Waals surface area contributed by atoms with Gasteiger partial charge in [0, 0.05) is 29.7 Å². The molecule has 0 aliphatic carbocycles. The molecule has 0 saturated carbocycles. The molecule has 5 nitrogen and oxygen atoms in total. The second kappa shape index (κ2) is 9.87. The van der Waals surface area contributed by atoms with E-state index in [4.69, 9.17) is 9.47 Å². The van der Waals surface area contributed by atoms with E-state index in [-0.39, 0.29) is 18.6 Å². The van der Waals surface area contributed by atoms with Crippen LogP contribution in [0.5, 0.6) is 5.75 Å². The number of ether oxygens (including phenoxy) is 2. The predicted molar refractivity (Wildman–Crippen MR) is 120 cm³/mol. The van der Waals surface area contributed by atoms with Crippen molar-refractivity contribution >= 4 is 17.4 Å². The Labute approximate surface area is 181 Å². The number of rotatable bonds is 7. The largest absolute Gasteiger partial charge is 0.484 e. The number of nitrogens with zero attached hydrogens (tertiary/aromatic N) is 1. The SMILES string of the molecule is Cc1ccc(-c2csnc2-c2ccc(OCC(=O)NCC3CCCCO3)cc2)cc1. The maximum absolute atomic E-state index is 12.0. The van der Waals surface area contributed by atoms with Crippen molar-refractivity contribution in [2.24, 2.45) is 0 Å². The lowest BCUT2D eigenvalue weighted by atomic mass is 10.0. The Morgan fingerprint density at radius 2 is 1.90 bits per heavy atom. The van der Waals surface area contributed by atoms with Crippen molar-refractivity contribution in [1.29, 1.82) is 0 Å². The Morgan fingerprint density at radius 3 is 2.63 bits per heavy atom. The smallest absolute Gasteiger partial charge is 0.258 e. The minimum absolute atomic E-state index is 0.00260. The maximum atomic E-state index is 12.0. The summed E-state index contributed by atoms with van der Waals surface area (Å²) in [6.07, 6.45) is 3.40. The van der Waals surface area contributed by atoms with Gasteiger partial charge in [0.1, 0.15) is 5.75 Å². The molecule has 1 aliphatic rings. The lowest BCUT2D eigenvalue weighted by Crippen LogP contribution is -2.37. The van der Waals surface area contributed by atoms with Gasteiger partial charge < -0.3 is 14.8 Å². The third kappa shape index (κ3) is 5.26. The number of benzene rings is 2. The number of hydrogen-bond acceptors (Lipinski definition) is 5. The molecule has 1 amide bonds. The molecule has 156 valence electrons. The lowest BCUT2D eigenvalue weighted by Gasteiger charge is -2.22. The number of hydrogen-bond donors (Lipinski definition) is 1. The first-order valence-electron chi connectivity index (χ1n) is 10.3. The van der Waals surface area contributed by atoms with Crippen molar-refractivity contribution in [3.05, 3.63) is 59.5 Å². The molecule has 1 atom stereocenters. The summed E-state index contributed by atoms with van der Waals surface area (Å²) in [4.78, 5) is 12.0. The molecule has 1 saturated heterocycles. The molecule has 2 aromatic carbocycles. The number of aryl methyl sites for hydroxylation is 1. The molecule has 1 fully saturated rings. The highest BCUT2D eigenvalue weighted by molar-refractivity contribution is 7.04. The van der Waals surface area contributed by atoms with Gasteiger partial charge in [0.15, 0.2) is 6.61 Å². The standard InChI is InChI=1S/C24H26N2O3S/c1-17-5-7-18(8-6-17)22-16-30-26-24(22)19-9-11-20(12-10-19)29-15-23(27)25-14-21-4-2-3-13-28-21/h5-12,16,21H,2-4,13-15H2,1H3,(H,25,27). The van der Waals surface area contributed by atoms with Crippen LogP contribution in [-0.4, -0.2) is 36.1 Å². The Bertz CT molecular complexity index is 961. The zero-order valence-corrected chi connectivity index (χ0v) is 17.9. The van der Waals surface area contributed by atoms with E-state index in [0.717, 1.165) is 48.3 Å². The molecule has 6 heteroatoms. The molecular formula is C24H26N2O3S. The van der Waals surface area contributed by atoms with E-state index in [1.807, 2.05) is 24.3 Å². The maximum Gasteiger partial charge on any atom is 0.258 e. The van der Waals surface area contributed by atoms with Gasteiger partial charge in [-0.1, -0.05) is 29.8 Å². The molecule has 0 bridgehead atoms. The van der Waals surface area contributed by atoms with Gasteiger partial charge in [0.25, 0.3) is 5.91 Å². The van der Waals surface area contributed by atoms with Crippen molar-refractivity contribution in [2.45, 2.75) is 32.3 Å². The molecule has 3 aromatic rings.